The first-order valence-corrected chi connectivity index (χ1v) is 11.5. The molecule has 0 rings (SSSR count). The molecule has 4 heteroatoms. The smallest absolute Gasteiger partial charge is 0.336 e. The van der Waals surface area contributed by atoms with Gasteiger partial charge >= 0.3 is 5.97 Å². The minimum atomic E-state index is -0.397. The second kappa shape index (κ2) is 21.1. The molecule has 0 aromatic rings. The molecule has 0 amide bonds. The van der Waals surface area contributed by atoms with E-state index in [0.717, 1.165) is 25.7 Å². The molecular weight excluding hydrogens is 338 g/mol. The Morgan fingerprint density at radius 1 is 0.630 bits per heavy atom. The Balaban J connectivity index is 3.41. The van der Waals surface area contributed by atoms with Gasteiger partial charge in [-0.05, 0) is 12.8 Å². The molecule has 4 nitrogen and oxygen atoms in total. The summed E-state index contributed by atoms with van der Waals surface area (Å²) >= 11 is 0. The fourth-order valence-electron chi connectivity index (χ4n) is 3.03. The third-order valence-corrected chi connectivity index (χ3v) is 4.77. The van der Waals surface area contributed by atoms with Gasteiger partial charge in [0.2, 0.25) is 0 Å². The van der Waals surface area contributed by atoms with Gasteiger partial charge in [-0.3, -0.25) is 0 Å². The SMILES string of the molecule is CCCCCCCCCCCCOC(=O)/C=C(/N)OCCCCCCCC. The average molecular weight is 384 g/mol. The summed E-state index contributed by atoms with van der Waals surface area (Å²) in [5.41, 5.74) is 5.70. The molecule has 0 radical (unpaired) electrons. The van der Waals surface area contributed by atoms with Gasteiger partial charge in [0.1, 0.15) is 0 Å². The zero-order chi connectivity index (χ0) is 20.0. The van der Waals surface area contributed by atoms with Crippen LogP contribution < -0.4 is 5.73 Å². The predicted molar refractivity (Wildman–Crippen MR) is 114 cm³/mol. The van der Waals surface area contributed by atoms with E-state index in [9.17, 15) is 4.79 Å². The summed E-state index contributed by atoms with van der Waals surface area (Å²) in [4.78, 5) is 11.7. The normalized spacial score (nSPS) is 11.6. The third-order valence-electron chi connectivity index (χ3n) is 4.77. The maximum Gasteiger partial charge on any atom is 0.336 e. The predicted octanol–water partition coefficient (Wildman–Crippen LogP) is 6.63. The number of rotatable bonds is 20. The number of hydrogen-bond donors (Lipinski definition) is 1. The molecule has 2 N–H and O–H groups in total. The fourth-order valence-corrected chi connectivity index (χ4v) is 3.03. The van der Waals surface area contributed by atoms with Crippen molar-refractivity contribution in [3.8, 4) is 0 Å². The molecule has 0 aromatic carbocycles. The average Bonchev–Trinajstić information content (AvgIpc) is 2.65. The van der Waals surface area contributed by atoms with Crippen LogP contribution >= 0.6 is 0 Å². The van der Waals surface area contributed by atoms with Gasteiger partial charge in [-0.25, -0.2) is 4.79 Å². The first-order valence-electron chi connectivity index (χ1n) is 11.5. The van der Waals surface area contributed by atoms with Crippen LogP contribution in [0.25, 0.3) is 0 Å². The number of hydrogen-bond acceptors (Lipinski definition) is 4. The van der Waals surface area contributed by atoms with E-state index >= 15 is 0 Å². The standard InChI is InChI=1S/C23H45NO3/c1-3-5-7-9-11-12-13-14-16-18-20-27-23(25)21-22(24)26-19-17-15-10-8-6-4-2/h21H,3-20,24H2,1-2H3/b22-21-. The van der Waals surface area contributed by atoms with Gasteiger partial charge < -0.3 is 15.2 Å². The molecule has 0 saturated carbocycles. The van der Waals surface area contributed by atoms with E-state index in [4.69, 9.17) is 15.2 Å². The molecule has 0 aliphatic carbocycles. The second-order valence-corrected chi connectivity index (χ2v) is 7.51. The van der Waals surface area contributed by atoms with E-state index in [2.05, 4.69) is 13.8 Å². The Morgan fingerprint density at radius 3 is 1.44 bits per heavy atom. The summed E-state index contributed by atoms with van der Waals surface area (Å²) in [5.74, 6) is -0.233. The van der Waals surface area contributed by atoms with E-state index in [1.807, 2.05) is 0 Å². The van der Waals surface area contributed by atoms with Gasteiger partial charge in [0.15, 0.2) is 5.88 Å². The van der Waals surface area contributed by atoms with E-state index in [0.29, 0.717) is 13.2 Å². The molecule has 0 unspecified atom stereocenters. The van der Waals surface area contributed by atoms with Crippen molar-refractivity contribution >= 4 is 5.97 Å². The highest BCUT2D eigenvalue weighted by molar-refractivity contribution is 5.82. The van der Waals surface area contributed by atoms with Gasteiger partial charge in [0.05, 0.1) is 19.3 Å². The van der Waals surface area contributed by atoms with Crippen LogP contribution in [-0.2, 0) is 14.3 Å². The lowest BCUT2D eigenvalue weighted by Crippen LogP contribution is -2.10. The van der Waals surface area contributed by atoms with Crippen molar-refractivity contribution in [1.82, 2.24) is 0 Å². The van der Waals surface area contributed by atoms with Gasteiger partial charge in [-0.2, -0.15) is 0 Å². The topological polar surface area (TPSA) is 61.5 Å². The second-order valence-electron chi connectivity index (χ2n) is 7.51. The van der Waals surface area contributed by atoms with Crippen LogP contribution in [0.5, 0.6) is 0 Å². The van der Waals surface area contributed by atoms with Gasteiger partial charge in [0, 0.05) is 0 Å². The summed E-state index contributed by atoms with van der Waals surface area (Å²) in [6.07, 6.45) is 21.2. The zero-order valence-corrected chi connectivity index (χ0v) is 18.1. The molecule has 0 fully saturated rings. The van der Waals surface area contributed by atoms with Gasteiger partial charge in [-0.15, -0.1) is 0 Å². The molecule has 0 spiro atoms. The number of carbonyl (C=O) groups is 1. The fraction of sp³-hybridized carbons (Fsp3) is 0.870. The van der Waals surface area contributed by atoms with Crippen molar-refractivity contribution in [2.24, 2.45) is 5.73 Å². The molecule has 0 aromatic heterocycles. The number of unbranched alkanes of at least 4 members (excludes halogenated alkanes) is 14. The Bertz CT molecular complexity index is 356. The third kappa shape index (κ3) is 21.0. The minimum Gasteiger partial charge on any atom is -0.479 e. The highest BCUT2D eigenvalue weighted by Gasteiger charge is 2.01. The lowest BCUT2D eigenvalue weighted by Gasteiger charge is -2.06. The Labute approximate surface area is 168 Å². The van der Waals surface area contributed by atoms with Crippen LogP contribution in [0.4, 0.5) is 0 Å². The maximum atomic E-state index is 11.7. The van der Waals surface area contributed by atoms with Crippen LogP contribution in [0.1, 0.15) is 117 Å². The van der Waals surface area contributed by atoms with Crippen molar-refractivity contribution in [2.75, 3.05) is 13.2 Å². The summed E-state index contributed by atoms with van der Waals surface area (Å²) in [6.45, 7) is 5.50. The minimum absolute atomic E-state index is 0.164. The van der Waals surface area contributed by atoms with E-state index in [-0.39, 0.29) is 5.88 Å². The molecular formula is C23H45NO3. The van der Waals surface area contributed by atoms with Crippen LogP contribution in [0, 0.1) is 0 Å². The molecule has 27 heavy (non-hydrogen) atoms. The Kier molecular flexibility index (Phi) is 20.2. The van der Waals surface area contributed by atoms with E-state index < -0.39 is 5.97 Å². The lowest BCUT2D eigenvalue weighted by molar-refractivity contribution is -0.138. The quantitative estimate of drug-likeness (QED) is 0.111. The van der Waals surface area contributed by atoms with E-state index in [1.54, 1.807) is 0 Å². The van der Waals surface area contributed by atoms with Crippen molar-refractivity contribution in [2.45, 2.75) is 117 Å². The highest BCUT2D eigenvalue weighted by atomic mass is 16.5. The molecule has 0 aliphatic rings. The Morgan fingerprint density at radius 2 is 1.00 bits per heavy atom. The Hall–Kier alpha value is -1.19. The van der Waals surface area contributed by atoms with Crippen molar-refractivity contribution < 1.29 is 14.3 Å². The summed E-state index contributed by atoms with van der Waals surface area (Å²) in [5, 5.41) is 0. The molecule has 0 aliphatic heterocycles. The van der Waals surface area contributed by atoms with Crippen molar-refractivity contribution in [3.05, 3.63) is 12.0 Å². The first kappa shape index (κ1) is 25.8. The largest absolute Gasteiger partial charge is 0.479 e. The number of carbonyl (C=O) groups excluding carboxylic acids is 1. The van der Waals surface area contributed by atoms with Crippen molar-refractivity contribution in [1.29, 1.82) is 0 Å². The molecule has 0 bridgehead atoms. The monoisotopic (exact) mass is 383 g/mol. The highest BCUT2D eigenvalue weighted by Crippen LogP contribution is 2.10. The maximum absolute atomic E-state index is 11.7. The van der Waals surface area contributed by atoms with Crippen LogP contribution in [0.2, 0.25) is 0 Å². The molecule has 0 heterocycles. The van der Waals surface area contributed by atoms with E-state index in [1.165, 1.54) is 83.1 Å². The zero-order valence-electron chi connectivity index (χ0n) is 18.1. The number of ether oxygens (including phenoxy) is 2. The molecule has 160 valence electrons. The van der Waals surface area contributed by atoms with Gasteiger partial charge in [-0.1, -0.05) is 104 Å². The van der Waals surface area contributed by atoms with Gasteiger partial charge in [0.25, 0.3) is 0 Å². The lowest BCUT2D eigenvalue weighted by atomic mass is 10.1. The summed E-state index contributed by atoms with van der Waals surface area (Å²) in [6, 6.07) is 0. The number of nitrogens with two attached hydrogens (primary N) is 1. The molecule has 0 saturated heterocycles. The summed E-state index contributed by atoms with van der Waals surface area (Å²) in [7, 11) is 0. The van der Waals surface area contributed by atoms with Crippen LogP contribution in [0.3, 0.4) is 0 Å². The number of esters is 1. The summed E-state index contributed by atoms with van der Waals surface area (Å²) < 4.78 is 10.5. The van der Waals surface area contributed by atoms with Crippen LogP contribution in [-0.4, -0.2) is 19.2 Å². The van der Waals surface area contributed by atoms with Crippen LogP contribution in [0.15, 0.2) is 12.0 Å². The first-order chi connectivity index (χ1) is 13.2. The van der Waals surface area contributed by atoms with Crippen molar-refractivity contribution in [3.63, 3.8) is 0 Å². The molecule has 0 atom stereocenters.